The Morgan fingerprint density at radius 2 is 2.00 bits per heavy atom. The zero-order valence-electron chi connectivity index (χ0n) is 14.9. The molecule has 2 N–H and O–H groups in total. The van der Waals surface area contributed by atoms with Gasteiger partial charge in [-0.15, -0.1) is 24.0 Å². The molecule has 7 heteroatoms. The molecule has 25 heavy (non-hydrogen) atoms. The maximum atomic E-state index is 13.2. The van der Waals surface area contributed by atoms with Crippen LogP contribution in [0.3, 0.4) is 0 Å². The van der Waals surface area contributed by atoms with Crippen molar-refractivity contribution in [3.8, 4) is 0 Å². The Labute approximate surface area is 170 Å². The first-order valence-corrected chi connectivity index (χ1v) is 8.20. The minimum Gasteiger partial charge on any atom is -0.357 e. The Hall–Kier alpha value is -1.28. The summed E-state index contributed by atoms with van der Waals surface area (Å²) >= 11 is 6.19. The predicted molar refractivity (Wildman–Crippen MR) is 113 cm³/mol. The molecule has 1 aromatic carbocycles. The van der Waals surface area contributed by atoms with E-state index in [1.807, 2.05) is 17.8 Å². The monoisotopic (exact) mass is 478 g/mol. The summed E-state index contributed by atoms with van der Waals surface area (Å²) in [5.41, 5.74) is 1.81. The van der Waals surface area contributed by atoms with E-state index in [0.717, 1.165) is 5.56 Å². The molecule has 0 aliphatic carbocycles. The summed E-state index contributed by atoms with van der Waals surface area (Å²) in [7, 11) is 3.73. The van der Waals surface area contributed by atoms with E-state index in [1.54, 1.807) is 13.1 Å². The molecule has 0 saturated heterocycles. The number of hydrogen-bond acceptors (Lipinski definition) is 1. The number of nitrogens with zero attached hydrogens (tertiary/aromatic N) is 2. The molecule has 0 spiro atoms. The smallest absolute Gasteiger partial charge is 0.191 e. The van der Waals surface area contributed by atoms with Crippen LogP contribution in [0.5, 0.6) is 0 Å². The second-order valence-corrected chi connectivity index (χ2v) is 6.88. The topological polar surface area (TPSA) is 41.4 Å². The first-order valence-electron chi connectivity index (χ1n) is 7.83. The Kier molecular flexibility index (Phi) is 8.21. The van der Waals surface area contributed by atoms with Gasteiger partial charge in [0, 0.05) is 50.0 Å². The van der Waals surface area contributed by atoms with Gasteiger partial charge in [-0.25, -0.2) is 4.39 Å². The lowest BCUT2D eigenvalue weighted by atomic mass is 9.84. The zero-order chi connectivity index (χ0) is 17.7. The molecule has 1 aromatic heterocycles. The van der Waals surface area contributed by atoms with Crippen molar-refractivity contribution in [3.63, 3.8) is 0 Å². The third-order valence-electron chi connectivity index (χ3n) is 3.93. The van der Waals surface area contributed by atoms with Gasteiger partial charge in [-0.3, -0.25) is 4.99 Å². The van der Waals surface area contributed by atoms with Crippen molar-refractivity contribution in [2.45, 2.75) is 25.8 Å². The van der Waals surface area contributed by atoms with Gasteiger partial charge in [-0.05, 0) is 29.3 Å². The fourth-order valence-corrected chi connectivity index (χ4v) is 2.93. The maximum absolute atomic E-state index is 13.2. The lowest BCUT2D eigenvalue weighted by Crippen LogP contribution is -2.43. The van der Waals surface area contributed by atoms with Gasteiger partial charge in [0.25, 0.3) is 0 Å². The van der Waals surface area contributed by atoms with E-state index in [1.165, 1.54) is 17.7 Å². The SMILES string of the molecule is CN=C(NCc1ccn(C)c1)NCC(C)(C)c1ccc(F)cc1Cl.I. The van der Waals surface area contributed by atoms with E-state index in [2.05, 4.69) is 41.7 Å². The highest BCUT2D eigenvalue weighted by atomic mass is 127. The Morgan fingerprint density at radius 1 is 1.28 bits per heavy atom. The van der Waals surface area contributed by atoms with Crippen molar-refractivity contribution in [1.82, 2.24) is 15.2 Å². The highest BCUT2D eigenvalue weighted by Crippen LogP contribution is 2.29. The molecule has 138 valence electrons. The summed E-state index contributed by atoms with van der Waals surface area (Å²) in [5.74, 6) is 0.387. The number of rotatable bonds is 5. The van der Waals surface area contributed by atoms with Crippen LogP contribution in [0, 0.1) is 5.82 Å². The van der Waals surface area contributed by atoms with E-state index in [9.17, 15) is 4.39 Å². The van der Waals surface area contributed by atoms with Gasteiger partial charge in [0.2, 0.25) is 0 Å². The van der Waals surface area contributed by atoms with Crippen LogP contribution in [0.4, 0.5) is 4.39 Å². The van der Waals surface area contributed by atoms with Gasteiger partial charge < -0.3 is 15.2 Å². The molecule has 0 amide bonds. The Balaban J connectivity index is 0.00000312. The molecule has 4 nitrogen and oxygen atoms in total. The van der Waals surface area contributed by atoms with Crippen molar-refractivity contribution < 1.29 is 4.39 Å². The van der Waals surface area contributed by atoms with E-state index in [0.29, 0.717) is 24.1 Å². The molecular weight excluding hydrogens is 454 g/mol. The van der Waals surface area contributed by atoms with E-state index in [-0.39, 0.29) is 35.2 Å². The lowest BCUT2D eigenvalue weighted by molar-refractivity contribution is 0.507. The number of hydrogen-bond donors (Lipinski definition) is 2. The van der Waals surface area contributed by atoms with Crippen LogP contribution in [0.25, 0.3) is 0 Å². The first-order chi connectivity index (χ1) is 11.3. The van der Waals surface area contributed by atoms with Crippen molar-refractivity contribution >= 4 is 41.5 Å². The number of nitrogens with one attached hydrogen (secondary N) is 2. The third-order valence-corrected chi connectivity index (χ3v) is 4.25. The number of halogens is 3. The molecule has 2 aromatic rings. The van der Waals surface area contributed by atoms with Crippen LogP contribution in [0.1, 0.15) is 25.0 Å². The zero-order valence-corrected chi connectivity index (χ0v) is 18.0. The third kappa shape index (κ3) is 6.18. The average Bonchev–Trinajstić information content (AvgIpc) is 2.92. The molecule has 0 aliphatic rings. The molecule has 0 atom stereocenters. The van der Waals surface area contributed by atoms with E-state index in [4.69, 9.17) is 11.6 Å². The quantitative estimate of drug-likeness (QED) is 0.386. The molecule has 0 fully saturated rings. The summed E-state index contributed by atoms with van der Waals surface area (Å²) in [6.07, 6.45) is 4.06. The fraction of sp³-hybridized carbons (Fsp3) is 0.389. The molecule has 2 rings (SSSR count). The molecule has 1 heterocycles. The summed E-state index contributed by atoms with van der Waals surface area (Å²) in [5, 5.41) is 7.03. The first kappa shape index (κ1) is 21.8. The second kappa shape index (κ2) is 9.43. The van der Waals surface area contributed by atoms with Crippen LogP contribution in [-0.2, 0) is 19.0 Å². The number of benzene rings is 1. The largest absolute Gasteiger partial charge is 0.357 e. The van der Waals surface area contributed by atoms with Crippen LogP contribution in [-0.4, -0.2) is 24.1 Å². The van der Waals surface area contributed by atoms with Crippen LogP contribution in [0.2, 0.25) is 5.02 Å². The van der Waals surface area contributed by atoms with Crippen LogP contribution >= 0.6 is 35.6 Å². The van der Waals surface area contributed by atoms with Gasteiger partial charge in [-0.1, -0.05) is 31.5 Å². The lowest BCUT2D eigenvalue weighted by Gasteiger charge is -2.27. The van der Waals surface area contributed by atoms with Gasteiger partial charge in [0.15, 0.2) is 5.96 Å². The number of aryl methyl sites for hydroxylation is 1. The minimum atomic E-state index is -0.326. The maximum Gasteiger partial charge on any atom is 0.191 e. The summed E-state index contributed by atoms with van der Waals surface area (Å²) in [4.78, 5) is 4.24. The number of aliphatic imine (C=N–C) groups is 1. The highest BCUT2D eigenvalue weighted by molar-refractivity contribution is 14.0. The average molecular weight is 479 g/mol. The number of aromatic nitrogens is 1. The number of guanidine groups is 1. The molecule has 0 bridgehead atoms. The van der Waals surface area contributed by atoms with E-state index < -0.39 is 0 Å². The van der Waals surface area contributed by atoms with Gasteiger partial charge >= 0.3 is 0 Å². The van der Waals surface area contributed by atoms with Crippen molar-refractivity contribution in [1.29, 1.82) is 0 Å². The molecule has 0 radical (unpaired) electrons. The molecule has 0 saturated carbocycles. The molecule has 0 unspecified atom stereocenters. The summed E-state index contributed by atoms with van der Waals surface area (Å²) in [6, 6.07) is 6.58. The van der Waals surface area contributed by atoms with Crippen molar-refractivity contribution in [2.75, 3.05) is 13.6 Å². The summed E-state index contributed by atoms with van der Waals surface area (Å²) < 4.78 is 15.2. The normalized spacial score (nSPS) is 11.8. The van der Waals surface area contributed by atoms with Crippen molar-refractivity contribution in [3.05, 3.63) is 58.6 Å². The van der Waals surface area contributed by atoms with Gasteiger partial charge in [0.05, 0.1) is 0 Å². The minimum absolute atomic E-state index is 0. The summed E-state index contributed by atoms with van der Waals surface area (Å²) in [6.45, 7) is 5.43. The molecular formula is C18H25ClFIN4. The fourth-order valence-electron chi connectivity index (χ4n) is 2.51. The van der Waals surface area contributed by atoms with Gasteiger partial charge in [-0.2, -0.15) is 0 Å². The standard InChI is InChI=1S/C18H24ClFN4.HI/c1-18(2,15-6-5-14(20)9-16(15)19)12-23-17(21-3)22-10-13-7-8-24(4)11-13;/h5-9,11H,10,12H2,1-4H3,(H2,21,22,23);1H. The van der Waals surface area contributed by atoms with Crippen molar-refractivity contribution in [2.24, 2.45) is 12.0 Å². The van der Waals surface area contributed by atoms with Crippen LogP contribution in [0.15, 0.2) is 41.7 Å². The van der Waals surface area contributed by atoms with Crippen LogP contribution < -0.4 is 10.6 Å². The predicted octanol–water partition coefficient (Wildman–Crippen LogP) is 4.08. The van der Waals surface area contributed by atoms with Gasteiger partial charge in [0.1, 0.15) is 5.82 Å². The highest BCUT2D eigenvalue weighted by Gasteiger charge is 2.24. The molecule has 0 aliphatic heterocycles. The Morgan fingerprint density at radius 3 is 2.56 bits per heavy atom. The Bertz CT molecular complexity index is 728. The van der Waals surface area contributed by atoms with E-state index >= 15 is 0 Å². The second-order valence-electron chi connectivity index (χ2n) is 6.47.